The highest BCUT2D eigenvalue weighted by molar-refractivity contribution is 5.76. The van der Waals surface area contributed by atoms with Crippen LogP contribution in [0.3, 0.4) is 0 Å². The molecule has 2 aromatic rings. The van der Waals surface area contributed by atoms with Crippen LogP contribution >= 0.6 is 0 Å². The fraction of sp³-hybridized carbons (Fsp3) is 0.286. The average molecular weight is 260 g/mol. The molecule has 0 aliphatic rings. The van der Waals surface area contributed by atoms with Gasteiger partial charge in [0.1, 0.15) is 0 Å². The van der Waals surface area contributed by atoms with Crippen molar-refractivity contribution in [2.24, 2.45) is 7.05 Å². The number of aliphatic carboxylic acids is 1. The van der Waals surface area contributed by atoms with E-state index in [0.717, 1.165) is 16.7 Å². The third kappa shape index (κ3) is 2.45. The highest BCUT2D eigenvalue weighted by atomic mass is 16.4. The molecule has 0 unspecified atom stereocenters. The standard InChI is InChI=1S/C14H16N2O3/c1-8-4-5-9(2)10(6-8)13-11(7-12(17)18)14(19)16(3)15-13/h4-6,15H,7H2,1-3H3,(H,17,18). The Labute approximate surface area is 110 Å². The second-order valence-electron chi connectivity index (χ2n) is 4.72. The summed E-state index contributed by atoms with van der Waals surface area (Å²) in [5.74, 6) is -1.01. The van der Waals surface area contributed by atoms with E-state index in [4.69, 9.17) is 5.11 Å². The minimum Gasteiger partial charge on any atom is -0.481 e. The predicted molar refractivity (Wildman–Crippen MR) is 72.3 cm³/mol. The van der Waals surface area contributed by atoms with E-state index in [2.05, 4.69) is 5.10 Å². The number of aryl methyl sites for hydroxylation is 3. The van der Waals surface area contributed by atoms with Crippen molar-refractivity contribution >= 4 is 5.97 Å². The second kappa shape index (κ2) is 4.76. The lowest BCUT2D eigenvalue weighted by molar-refractivity contribution is -0.136. The first-order valence-corrected chi connectivity index (χ1v) is 5.97. The molecule has 19 heavy (non-hydrogen) atoms. The summed E-state index contributed by atoms with van der Waals surface area (Å²) in [4.78, 5) is 22.9. The van der Waals surface area contributed by atoms with E-state index in [1.54, 1.807) is 7.05 Å². The summed E-state index contributed by atoms with van der Waals surface area (Å²) in [5, 5.41) is 11.9. The Morgan fingerprint density at radius 3 is 2.68 bits per heavy atom. The van der Waals surface area contributed by atoms with E-state index >= 15 is 0 Å². The van der Waals surface area contributed by atoms with Crippen LogP contribution in [0.15, 0.2) is 23.0 Å². The molecule has 5 heteroatoms. The molecule has 0 saturated carbocycles. The van der Waals surface area contributed by atoms with Gasteiger partial charge in [0.25, 0.3) is 5.56 Å². The summed E-state index contributed by atoms with van der Waals surface area (Å²) in [6, 6.07) is 5.89. The van der Waals surface area contributed by atoms with Crippen LogP contribution in [0.25, 0.3) is 11.3 Å². The molecule has 2 N–H and O–H groups in total. The summed E-state index contributed by atoms with van der Waals surface area (Å²) in [7, 11) is 1.59. The maximum Gasteiger partial charge on any atom is 0.308 e. The number of aromatic nitrogens is 2. The molecule has 1 aromatic heterocycles. The Kier molecular flexibility index (Phi) is 3.29. The van der Waals surface area contributed by atoms with Crippen molar-refractivity contribution in [2.45, 2.75) is 20.3 Å². The number of aromatic amines is 1. The van der Waals surface area contributed by atoms with Crippen molar-refractivity contribution in [3.05, 3.63) is 45.2 Å². The normalized spacial score (nSPS) is 10.7. The molecule has 0 atom stereocenters. The minimum absolute atomic E-state index is 0.279. The first-order chi connectivity index (χ1) is 8.90. The molecule has 1 aromatic carbocycles. The number of carboxylic acids is 1. The Hall–Kier alpha value is -2.30. The van der Waals surface area contributed by atoms with Crippen LogP contribution in [0.2, 0.25) is 0 Å². The topological polar surface area (TPSA) is 75.1 Å². The third-order valence-electron chi connectivity index (χ3n) is 3.13. The fourth-order valence-corrected chi connectivity index (χ4v) is 2.14. The van der Waals surface area contributed by atoms with Gasteiger partial charge in [0.05, 0.1) is 17.7 Å². The van der Waals surface area contributed by atoms with Gasteiger partial charge in [0.15, 0.2) is 0 Å². The number of carboxylic acid groups (broad SMARTS) is 1. The lowest BCUT2D eigenvalue weighted by atomic mass is 9.99. The van der Waals surface area contributed by atoms with E-state index in [-0.39, 0.29) is 12.0 Å². The van der Waals surface area contributed by atoms with E-state index in [0.29, 0.717) is 11.3 Å². The molecule has 0 aliphatic carbocycles. The third-order valence-corrected chi connectivity index (χ3v) is 3.13. The number of benzene rings is 1. The van der Waals surface area contributed by atoms with Gasteiger partial charge in [-0.15, -0.1) is 0 Å². The zero-order valence-corrected chi connectivity index (χ0v) is 11.2. The van der Waals surface area contributed by atoms with Gasteiger partial charge in [-0.2, -0.15) is 0 Å². The fourth-order valence-electron chi connectivity index (χ4n) is 2.14. The molecule has 100 valence electrons. The highest BCUT2D eigenvalue weighted by Crippen LogP contribution is 2.25. The molecule has 1 heterocycles. The maximum atomic E-state index is 12.0. The summed E-state index contributed by atoms with van der Waals surface area (Å²) in [6.45, 7) is 3.89. The Morgan fingerprint density at radius 2 is 2.05 bits per heavy atom. The van der Waals surface area contributed by atoms with Crippen LogP contribution in [0.4, 0.5) is 0 Å². The highest BCUT2D eigenvalue weighted by Gasteiger charge is 2.18. The number of rotatable bonds is 3. The van der Waals surface area contributed by atoms with Crippen LogP contribution in [0.5, 0.6) is 0 Å². The molecule has 5 nitrogen and oxygen atoms in total. The average Bonchev–Trinajstić information content (AvgIpc) is 2.60. The molecule has 0 aliphatic heterocycles. The van der Waals surface area contributed by atoms with Gasteiger partial charge in [-0.3, -0.25) is 19.4 Å². The van der Waals surface area contributed by atoms with Crippen molar-refractivity contribution in [3.63, 3.8) is 0 Å². The van der Waals surface area contributed by atoms with E-state index < -0.39 is 5.97 Å². The number of nitrogens with one attached hydrogen (secondary N) is 1. The summed E-state index contributed by atoms with van der Waals surface area (Å²) in [6.07, 6.45) is -0.279. The molecule has 2 rings (SSSR count). The number of nitrogens with zero attached hydrogens (tertiary/aromatic N) is 1. The van der Waals surface area contributed by atoms with Gasteiger partial charge >= 0.3 is 5.97 Å². The monoisotopic (exact) mass is 260 g/mol. The minimum atomic E-state index is -1.01. The summed E-state index contributed by atoms with van der Waals surface area (Å²) >= 11 is 0. The molecule has 0 spiro atoms. The number of hydrogen-bond donors (Lipinski definition) is 2. The van der Waals surface area contributed by atoms with Crippen LogP contribution in [0, 0.1) is 13.8 Å². The number of H-pyrrole nitrogens is 1. The van der Waals surface area contributed by atoms with E-state index in [9.17, 15) is 9.59 Å². The molecule has 0 radical (unpaired) electrons. The van der Waals surface area contributed by atoms with Gasteiger partial charge in [-0.25, -0.2) is 0 Å². The molecule has 0 amide bonds. The molecule has 0 fully saturated rings. The SMILES string of the molecule is Cc1ccc(C)c(-c2[nH]n(C)c(=O)c2CC(=O)O)c1. The first kappa shape index (κ1) is 13.1. The lowest BCUT2D eigenvalue weighted by Gasteiger charge is -2.06. The van der Waals surface area contributed by atoms with E-state index in [1.165, 1.54) is 4.68 Å². The van der Waals surface area contributed by atoms with Crippen LogP contribution < -0.4 is 5.56 Å². The quantitative estimate of drug-likeness (QED) is 0.880. The van der Waals surface area contributed by atoms with Gasteiger partial charge in [-0.05, 0) is 25.5 Å². The van der Waals surface area contributed by atoms with Crippen molar-refractivity contribution in [1.29, 1.82) is 0 Å². The zero-order chi connectivity index (χ0) is 14.2. The van der Waals surface area contributed by atoms with Gasteiger partial charge < -0.3 is 5.11 Å². The second-order valence-corrected chi connectivity index (χ2v) is 4.72. The van der Waals surface area contributed by atoms with Gasteiger partial charge in [0.2, 0.25) is 0 Å². The number of hydrogen-bond acceptors (Lipinski definition) is 2. The van der Waals surface area contributed by atoms with Crippen molar-refractivity contribution in [2.75, 3.05) is 0 Å². The Morgan fingerprint density at radius 1 is 1.37 bits per heavy atom. The zero-order valence-electron chi connectivity index (χ0n) is 11.2. The van der Waals surface area contributed by atoms with Crippen LogP contribution in [-0.4, -0.2) is 20.9 Å². The predicted octanol–water partition coefficient (Wildman–Crippen LogP) is 1.62. The largest absolute Gasteiger partial charge is 0.481 e. The van der Waals surface area contributed by atoms with Crippen LogP contribution in [0.1, 0.15) is 16.7 Å². The van der Waals surface area contributed by atoms with E-state index in [1.807, 2.05) is 32.0 Å². The number of carbonyl (C=O) groups is 1. The molecular weight excluding hydrogens is 244 g/mol. The Balaban J connectivity index is 2.68. The maximum absolute atomic E-state index is 12.0. The molecular formula is C14H16N2O3. The molecule has 0 bridgehead atoms. The smallest absolute Gasteiger partial charge is 0.308 e. The lowest BCUT2D eigenvalue weighted by Crippen LogP contribution is -2.17. The van der Waals surface area contributed by atoms with Crippen molar-refractivity contribution < 1.29 is 9.90 Å². The summed E-state index contributed by atoms with van der Waals surface area (Å²) < 4.78 is 1.31. The van der Waals surface area contributed by atoms with Gasteiger partial charge in [0, 0.05) is 12.6 Å². The first-order valence-electron chi connectivity index (χ1n) is 5.97. The summed E-state index contributed by atoms with van der Waals surface area (Å²) in [5.41, 5.74) is 3.53. The van der Waals surface area contributed by atoms with Crippen LogP contribution in [-0.2, 0) is 18.3 Å². The van der Waals surface area contributed by atoms with Crippen molar-refractivity contribution in [3.8, 4) is 11.3 Å². The molecule has 0 saturated heterocycles. The Bertz CT molecular complexity index is 695. The van der Waals surface area contributed by atoms with Crippen molar-refractivity contribution in [1.82, 2.24) is 9.78 Å². The van der Waals surface area contributed by atoms with Gasteiger partial charge in [-0.1, -0.05) is 17.7 Å².